The normalized spacial score (nSPS) is 10.4. The van der Waals surface area contributed by atoms with Gasteiger partial charge in [-0.25, -0.2) is 15.0 Å². The number of urea groups is 1. The van der Waals surface area contributed by atoms with Crippen molar-refractivity contribution in [2.24, 2.45) is 5.10 Å². The average Bonchev–Trinajstić information content (AvgIpc) is 2.56. The van der Waals surface area contributed by atoms with E-state index in [1.807, 2.05) is 19.1 Å². The molecule has 3 N–H and O–H groups in total. The molecule has 7 nitrogen and oxygen atoms in total. The molecule has 0 radical (unpaired) electrons. The summed E-state index contributed by atoms with van der Waals surface area (Å²) in [6.45, 7) is 1.57. The van der Waals surface area contributed by atoms with Crippen LogP contribution < -0.4 is 15.5 Å². The van der Waals surface area contributed by atoms with E-state index in [1.54, 1.807) is 36.4 Å². The maximum Gasteiger partial charge on any atom is 0.341 e. The smallest absolute Gasteiger partial charge is 0.341 e. The minimum atomic E-state index is -1.04. The van der Waals surface area contributed by atoms with Crippen molar-refractivity contribution in [3.63, 3.8) is 0 Å². The predicted octanol–water partition coefficient (Wildman–Crippen LogP) is 2.61. The Bertz CT molecular complexity index is 725. The fourth-order valence-electron chi connectivity index (χ4n) is 1.76. The molecule has 0 aromatic heterocycles. The lowest BCUT2D eigenvalue weighted by atomic mass is 10.2. The van der Waals surface area contributed by atoms with Crippen LogP contribution in [0.3, 0.4) is 0 Å². The number of rotatable bonds is 6. The Morgan fingerprint density at radius 3 is 2.42 bits per heavy atom. The summed E-state index contributed by atoms with van der Waals surface area (Å²) < 4.78 is 5.02. The maximum atomic E-state index is 11.7. The zero-order valence-electron chi connectivity index (χ0n) is 13.0. The highest BCUT2D eigenvalue weighted by molar-refractivity contribution is 5.90. The summed E-state index contributed by atoms with van der Waals surface area (Å²) in [5, 5.41) is 15.0. The van der Waals surface area contributed by atoms with E-state index in [-0.39, 0.29) is 0 Å². The molecule has 0 bridgehead atoms. The number of carboxylic acid groups (broad SMARTS) is 1. The number of anilines is 1. The first-order chi connectivity index (χ1) is 11.5. The molecule has 0 atom stereocenters. The van der Waals surface area contributed by atoms with Crippen molar-refractivity contribution >= 4 is 23.9 Å². The van der Waals surface area contributed by atoms with Gasteiger partial charge < -0.3 is 15.2 Å². The van der Waals surface area contributed by atoms with Gasteiger partial charge in [0.1, 0.15) is 5.75 Å². The average molecular weight is 327 g/mol. The zero-order chi connectivity index (χ0) is 17.4. The fourth-order valence-corrected chi connectivity index (χ4v) is 1.76. The number of carboxylic acids is 1. The van der Waals surface area contributed by atoms with Gasteiger partial charge in [0, 0.05) is 5.69 Å². The third-order valence-electron chi connectivity index (χ3n) is 2.93. The van der Waals surface area contributed by atoms with E-state index in [0.29, 0.717) is 11.4 Å². The van der Waals surface area contributed by atoms with Gasteiger partial charge in [-0.3, -0.25) is 0 Å². The molecule has 0 saturated heterocycles. The lowest BCUT2D eigenvalue weighted by Crippen LogP contribution is -2.24. The number of carbonyl (C=O) groups is 2. The summed E-state index contributed by atoms with van der Waals surface area (Å²) >= 11 is 0. The van der Waals surface area contributed by atoms with Crippen molar-refractivity contribution in [1.29, 1.82) is 0 Å². The van der Waals surface area contributed by atoms with Crippen LogP contribution in [0.5, 0.6) is 5.75 Å². The molecular formula is C17H17N3O4. The van der Waals surface area contributed by atoms with E-state index < -0.39 is 18.6 Å². The molecule has 0 unspecified atom stereocenters. The van der Waals surface area contributed by atoms with Crippen LogP contribution in [0.15, 0.2) is 53.6 Å². The summed E-state index contributed by atoms with van der Waals surface area (Å²) in [6.07, 6.45) is 1.47. The Kier molecular flexibility index (Phi) is 5.90. The van der Waals surface area contributed by atoms with Gasteiger partial charge >= 0.3 is 12.0 Å². The number of hydrogen-bond donors (Lipinski definition) is 3. The lowest BCUT2D eigenvalue weighted by molar-refractivity contribution is -0.139. The highest BCUT2D eigenvalue weighted by Crippen LogP contribution is 2.11. The number of amides is 2. The van der Waals surface area contributed by atoms with Crippen LogP contribution in [0.25, 0.3) is 0 Å². The van der Waals surface area contributed by atoms with Gasteiger partial charge in [0.15, 0.2) is 6.61 Å². The minimum absolute atomic E-state index is 0.395. The Hall–Kier alpha value is -3.35. The van der Waals surface area contributed by atoms with Crippen LogP contribution in [0.2, 0.25) is 0 Å². The number of benzene rings is 2. The van der Waals surface area contributed by atoms with Gasteiger partial charge in [0.25, 0.3) is 0 Å². The third-order valence-corrected chi connectivity index (χ3v) is 2.93. The number of aliphatic carboxylic acids is 1. The predicted molar refractivity (Wildman–Crippen MR) is 90.5 cm³/mol. The van der Waals surface area contributed by atoms with Gasteiger partial charge in [-0.2, -0.15) is 5.10 Å². The summed E-state index contributed by atoms with van der Waals surface area (Å²) in [7, 11) is 0. The molecule has 2 rings (SSSR count). The van der Waals surface area contributed by atoms with Gasteiger partial charge in [-0.15, -0.1) is 0 Å². The summed E-state index contributed by atoms with van der Waals surface area (Å²) in [5.74, 6) is -0.593. The summed E-state index contributed by atoms with van der Waals surface area (Å²) in [6, 6.07) is 13.6. The molecule has 0 aliphatic heterocycles. The number of aryl methyl sites for hydroxylation is 1. The second-order valence-corrected chi connectivity index (χ2v) is 4.94. The van der Waals surface area contributed by atoms with Crippen LogP contribution in [-0.4, -0.2) is 29.9 Å². The first kappa shape index (κ1) is 17.0. The molecule has 2 aromatic rings. The molecule has 0 heterocycles. The van der Waals surface area contributed by atoms with Crippen molar-refractivity contribution in [3.8, 4) is 5.75 Å². The Labute approximate surface area is 139 Å². The van der Waals surface area contributed by atoms with E-state index in [9.17, 15) is 9.59 Å². The quantitative estimate of drug-likeness (QED) is 0.561. The van der Waals surface area contributed by atoms with Gasteiger partial charge in [0.05, 0.1) is 6.21 Å². The van der Waals surface area contributed by atoms with Crippen molar-refractivity contribution in [1.82, 2.24) is 5.43 Å². The highest BCUT2D eigenvalue weighted by Gasteiger charge is 2.00. The van der Waals surface area contributed by atoms with Crippen LogP contribution in [-0.2, 0) is 4.79 Å². The monoisotopic (exact) mass is 327 g/mol. The van der Waals surface area contributed by atoms with Crippen LogP contribution in [0.1, 0.15) is 11.1 Å². The number of nitrogens with one attached hydrogen (secondary N) is 2. The molecular weight excluding hydrogens is 310 g/mol. The van der Waals surface area contributed by atoms with Crippen molar-refractivity contribution in [2.45, 2.75) is 6.92 Å². The molecule has 0 spiro atoms. The Morgan fingerprint density at radius 2 is 1.79 bits per heavy atom. The van der Waals surface area contributed by atoms with Gasteiger partial charge in [-0.05, 0) is 48.9 Å². The standard InChI is InChI=1S/C17H17N3O4/c1-12-2-6-14(7-3-12)19-17(23)20-18-10-13-4-8-15(9-5-13)24-11-16(21)22/h2-10H,11H2,1H3,(H,21,22)(H2,19,20,23)/b18-10-. The molecule has 0 saturated carbocycles. The van der Waals surface area contributed by atoms with E-state index >= 15 is 0 Å². The SMILES string of the molecule is Cc1ccc(NC(=O)N/N=C\c2ccc(OCC(=O)O)cc2)cc1. The highest BCUT2D eigenvalue weighted by atomic mass is 16.5. The third kappa shape index (κ3) is 5.80. The number of nitrogens with zero attached hydrogens (tertiary/aromatic N) is 1. The maximum absolute atomic E-state index is 11.7. The molecule has 2 aromatic carbocycles. The largest absolute Gasteiger partial charge is 0.482 e. The van der Waals surface area contributed by atoms with E-state index in [1.165, 1.54) is 6.21 Å². The van der Waals surface area contributed by atoms with Crippen molar-refractivity contribution in [3.05, 3.63) is 59.7 Å². The summed E-state index contributed by atoms with van der Waals surface area (Å²) in [5.41, 5.74) is 4.87. The number of ether oxygens (including phenoxy) is 1. The van der Waals surface area contributed by atoms with Crippen LogP contribution in [0.4, 0.5) is 10.5 Å². The Balaban J connectivity index is 1.81. The zero-order valence-corrected chi connectivity index (χ0v) is 13.0. The second kappa shape index (κ2) is 8.33. The molecule has 0 aliphatic carbocycles. The molecule has 7 heteroatoms. The van der Waals surface area contributed by atoms with E-state index in [0.717, 1.165) is 11.1 Å². The van der Waals surface area contributed by atoms with Crippen molar-refractivity contribution < 1.29 is 19.4 Å². The Morgan fingerprint density at radius 1 is 1.12 bits per heavy atom. The molecule has 24 heavy (non-hydrogen) atoms. The minimum Gasteiger partial charge on any atom is -0.482 e. The number of hydrogen-bond acceptors (Lipinski definition) is 4. The second-order valence-electron chi connectivity index (χ2n) is 4.94. The number of hydrazone groups is 1. The fraction of sp³-hybridized carbons (Fsp3) is 0.118. The van der Waals surface area contributed by atoms with E-state index in [4.69, 9.17) is 9.84 Å². The van der Waals surface area contributed by atoms with Crippen LogP contribution in [0, 0.1) is 6.92 Å². The molecule has 0 fully saturated rings. The summed E-state index contributed by atoms with van der Waals surface area (Å²) in [4.78, 5) is 22.1. The first-order valence-electron chi connectivity index (χ1n) is 7.14. The topological polar surface area (TPSA) is 100 Å². The van der Waals surface area contributed by atoms with Crippen molar-refractivity contribution in [2.75, 3.05) is 11.9 Å². The van der Waals surface area contributed by atoms with Gasteiger partial charge in [-0.1, -0.05) is 17.7 Å². The molecule has 124 valence electrons. The number of carbonyl (C=O) groups excluding carboxylic acids is 1. The van der Waals surface area contributed by atoms with Crippen LogP contribution >= 0.6 is 0 Å². The van der Waals surface area contributed by atoms with E-state index in [2.05, 4.69) is 15.8 Å². The molecule has 2 amide bonds. The lowest BCUT2D eigenvalue weighted by Gasteiger charge is -2.04. The van der Waals surface area contributed by atoms with Gasteiger partial charge in [0.2, 0.25) is 0 Å². The molecule has 0 aliphatic rings. The first-order valence-corrected chi connectivity index (χ1v) is 7.14.